The summed E-state index contributed by atoms with van der Waals surface area (Å²) in [6, 6.07) is 8.21. The van der Waals surface area contributed by atoms with Crippen LogP contribution in [-0.2, 0) is 17.5 Å². The van der Waals surface area contributed by atoms with Crippen LogP contribution in [0.25, 0.3) is 0 Å². The SMILES string of the molecule is N#CCc1ccc(S(=O)[O-])cc1.[Na+]. The Balaban J connectivity index is 0.00000144. The van der Waals surface area contributed by atoms with Crippen molar-refractivity contribution in [2.75, 3.05) is 0 Å². The van der Waals surface area contributed by atoms with Crippen LogP contribution in [0.5, 0.6) is 0 Å². The van der Waals surface area contributed by atoms with E-state index in [4.69, 9.17) is 5.26 Å². The number of benzene rings is 1. The van der Waals surface area contributed by atoms with Crippen LogP contribution < -0.4 is 29.6 Å². The van der Waals surface area contributed by atoms with Crippen molar-refractivity contribution >= 4 is 11.1 Å². The van der Waals surface area contributed by atoms with Crippen LogP contribution in [0.2, 0.25) is 0 Å². The zero-order valence-electron chi connectivity index (χ0n) is 7.19. The van der Waals surface area contributed by atoms with Crippen molar-refractivity contribution in [2.24, 2.45) is 0 Å². The molecule has 62 valence electrons. The van der Waals surface area contributed by atoms with Crippen molar-refractivity contribution in [2.45, 2.75) is 11.3 Å². The Kier molecular flexibility index (Phi) is 6.21. The third kappa shape index (κ3) is 4.03. The molecule has 0 aliphatic carbocycles. The first-order valence-electron chi connectivity index (χ1n) is 3.29. The molecular formula is C8H6NNaO2S. The second kappa shape index (κ2) is 6.30. The molecule has 0 aliphatic rings. The molecule has 1 rings (SSSR count). The Morgan fingerprint density at radius 2 is 1.92 bits per heavy atom. The van der Waals surface area contributed by atoms with E-state index in [0.29, 0.717) is 6.42 Å². The molecule has 0 N–H and O–H groups in total. The first-order chi connectivity index (χ1) is 5.74. The first kappa shape index (κ1) is 12.8. The van der Waals surface area contributed by atoms with E-state index in [0.717, 1.165) is 5.56 Å². The van der Waals surface area contributed by atoms with Crippen LogP contribution in [0.1, 0.15) is 5.56 Å². The Hall–Kier alpha value is -0.180. The minimum absolute atomic E-state index is 0. The van der Waals surface area contributed by atoms with Gasteiger partial charge in [0.25, 0.3) is 0 Å². The number of hydrogen-bond acceptors (Lipinski definition) is 3. The summed E-state index contributed by atoms with van der Waals surface area (Å²) in [7, 11) is 0. The van der Waals surface area contributed by atoms with Crippen LogP contribution in [0.4, 0.5) is 0 Å². The average Bonchev–Trinajstić information content (AvgIpc) is 2.06. The fraction of sp³-hybridized carbons (Fsp3) is 0.125. The number of hydrogen-bond donors (Lipinski definition) is 0. The molecule has 1 unspecified atom stereocenters. The maximum Gasteiger partial charge on any atom is 1.00 e. The summed E-state index contributed by atoms with van der Waals surface area (Å²) in [5, 5.41) is 8.33. The van der Waals surface area contributed by atoms with Crippen molar-refractivity contribution in [3.05, 3.63) is 29.8 Å². The van der Waals surface area contributed by atoms with Crippen molar-refractivity contribution in [3.63, 3.8) is 0 Å². The van der Waals surface area contributed by atoms with E-state index in [1.165, 1.54) is 12.1 Å². The Labute approximate surface area is 101 Å². The summed E-state index contributed by atoms with van der Waals surface area (Å²) in [5.74, 6) is 0. The number of nitriles is 1. The summed E-state index contributed by atoms with van der Waals surface area (Å²) in [6.45, 7) is 0. The molecule has 13 heavy (non-hydrogen) atoms. The van der Waals surface area contributed by atoms with E-state index in [-0.39, 0.29) is 34.5 Å². The van der Waals surface area contributed by atoms with E-state index in [1.807, 2.05) is 6.07 Å². The van der Waals surface area contributed by atoms with Crippen LogP contribution in [0.15, 0.2) is 29.2 Å². The topological polar surface area (TPSA) is 63.9 Å². The van der Waals surface area contributed by atoms with E-state index in [1.54, 1.807) is 12.1 Å². The standard InChI is InChI=1S/C8H7NO2S.Na/c9-6-5-7-1-3-8(4-2-7)12(10)11;/h1-4H,5H2,(H,10,11);/q;+1/p-1. The van der Waals surface area contributed by atoms with Crippen molar-refractivity contribution in [1.29, 1.82) is 5.26 Å². The Morgan fingerprint density at radius 1 is 1.38 bits per heavy atom. The normalized spacial score (nSPS) is 11.1. The molecular weight excluding hydrogens is 197 g/mol. The summed E-state index contributed by atoms with van der Waals surface area (Å²) in [4.78, 5) is 0.247. The Morgan fingerprint density at radius 3 is 2.31 bits per heavy atom. The molecule has 0 saturated heterocycles. The number of rotatable bonds is 2. The molecule has 0 aliphatic heterocycles. The summed E-state index contributed by atoms with van der Waals surface area (Å²) in [6.07, 6.45) is 0.311. The molecule has 0 fully saturated rings. The van der Waals surface area contributed by atoms with Gasteiger partial charge in [-0.3, -0.25) is 4.21 Å². The molecule has 0 radical (unpaired) electrons. The molecule has 0 heterocycles. The second-order valence-corrected chi connectivity index (χ2v) is 3.15. The zero-order valence-corrected chi connectivity index (χ0v) is 10.0. The maximum atomic E-state index is 10.4. The van der Waals surface area contributed by atoms with Gasteiger partial charge in [0.1, 0.15) is 0 Å². The van der Waals surface area contributed by atoms with E-state index >= 15 is 0 Å². The third-order valence-corrected chi connectivity index (χ3v) is 2.06. The smallest absolute Gasteiger partial charge is 0.768 e. The van der Waals surface area contributed by atoms with Gasteiger partial charge in [-0.1, -0.05) is 12.1 Å². The molecule has 5 heteroatoms. The summed E-state index contributed by atoms with van der Waals surface area (Å²) in [5.41, 5.74) is 0.826. The fourth-order valence-electron chi connectivity index (χ4n) is 0.810. The largest absolute Gasteiger partial charge is 1.00 e. The summed E-state index contributed by atoms with van der Waals surface area (Å²) < 4.78 is 20.8. The predicted molar refractivity (Wildman–Crippen MR) is 42.9 cm³/mol. The maximum absolute atomic E-state index is 10.4. The molecule has 0 bridgehead atoms. The molecule has 1 atom stereocenters. The predicted octanol–water partition coefficient (Wildman–Crippen LogP) is -2.01. The van der Waals surface area contributed by atoms with Gasteiger partial charge in [-0.05, 0) is 28.8 Å². The number of nitrogens with zero attached hydrogens (tertiary/aromatic N) is 1. The van der Waals surface area contributed by atoms with Crippen LogP contribution in [-0.4, -0.2) is 8.76 Å². The third-order valence-electron chi connectivity index (χ3n) is 1.40. The second-order valence-electron chi connectivity index (χ2n) is 2.21. The average molecular weight is 203 g/mol. The Bertz CT molecular complexity index is 331. The molecule has 1 aromatic carbocycles. The molecule has 0 aromatic heterocycles. The van der Waals surface area contributed by atoms with Crippen LogP contribution >= 0.6 is 0 Å². The first-order valence-corrected chi connectivity index (χ1v) is 4.36. The van der Waals surface area contributed by atoms with Gasteiger partial charge in [0.15, 0.2) is 0 Å². The van der Waals surface area contributed by atoms with Crippen molar-refractivity contribution < 1.29 is 38.3 Å². The van der Waals surface area contributed by atoms with Crippen LogP contribution in [0, 0.1) is 11.3 Å². The van der Waals surface area contributed by atoms with E-state index in [9.17, 15) is 8.76 Å². The van der Waals surface area contributed by atoms with Gasteiger partial charge in [-0.25, -0.2) is 0 Å². The van der Waals surface area contributed by atoms with Gasteiger partial charge >= 0.3 is 29.6 Å². The zero-order chi connectivity index (χ0) is 8.97. The van der Waals surface area contributed by atoms with Gasteiger partial charge in [0.2, 0.25) is 0 Å². The van der Waals surface area contributed by atoms with Gasteiger partial charge in [-0.2, -0.15) is 5.26 Å². The molecule has 0 saturated carbocycles. The quantitative estimate of drug-likeness (QED) is 0.412. The molecule has 0 spiro atoms. The van der Waals surface area contributed by atoms with Crippen molar-refractivity contribution in [3.8, 4) is 6.07 Å². The van der Waals surface area contributed by atoms with Gasteiger partial charge < -0.3 is 4.55 Å². The van der Waals surface area contributed by atoms with Gasteiger partial charge in [0, 0.05) is 4.90 Å². The molecule has 1 aromatic rings. The van der Waals surface area contributed by atoms with Crippen LogP contribution in [0.3, 0.4) is 0 Å². The molecule has 3 nitrogen and oxygen atoms in total. The summed E-state index contributed by atoms with van der Waals surface area (Å²) >= 11 is -2.17. The monoisotopic (exact) mass is 203 g/mol. The van der Waals surface area contributed by atoms with Gasteiger partial charge in [-0.15, -0.1) is 0 Å². The minimum atomic E-state index is -2.17. The van der Waals surface area contributed by atoms with E-state index in [2.05, 4.69) is 0 Å². The minimum Gasteiger partial charge on any atom is -0.768 e. The van der Waals surface area contributed by atoms with E-state index < -0.39 is 11.1 Å². The van der Waals surface area contributed by atoms with Crippen molar-refractivity contribution in [1.82, 2.24) is 0 Å². The van der Waals surface area contributed by atoms with Gasteiger partial charge in [0.05, 0.1) is 12.5 Å². The fourth-order valence-corrected chi connectivity index (χ4v) is 1.17. The molecule has 0 amide bonds.